The number of amides is 1. The third-order valence-electron chi connectivity index (χ3n) is 2.51. The lowest BCUT2D eigenvalue weighted by Crippen LogP contribution is -2.42. The molecule has 0 fully saturated rings. The van der Waals surface area contributed by atoms with Gasteiger partial charge in [0, 0.05) is 12.4 Å². The molecule has 0 bridgehead atoms. The highest BCUT2D eigenvalue weighted by Gasteiger charge is 2.26. The van der Waals surface area contributed by atoms with Crippen LogP contribution in [0.1, 0.15) is 20.3 Å². The van der Waals surface area contributed by atoms with Crippen molar-refractivity contribution in [2.24, 2.45) is 5.92 Å². The van der Waals surface area contributed by atoms with Gasteiger partial charge in [-0.25, -0.2) is 4.79 Å². The average Bonchev–Trinajstić information content (AvgIpc) is 2.38. The molecule has 5 nitrogen and oxygen atoms in total. The molecule has 0 aliphatic heterocycles. The lowest BCUT2D eigenvalue weighted by atomic mass is 10.0. The number of hydrogen-bond acceptors (Lipinski definition) is 4. The Bertz CT molecular complexity index is 392. The highest BCUT2D eigenvalue weighted by Crippen LogP contribution is 2.20. The van der Waals surface area contributed by atoms with Crippen molar-refractivity contribution < 1.29 is 14.3 Å². The highest BCUT2D eigenvalue weighted by atomic mass is 16.5. The van der Waals surface area contributed by atoms with Gasteiger partial charge in [-0.05, 0) is 24.5 Å². The SMILES string of the molecule is COC(=O)N(c1ccncc1)[C@H](C=O)CC(C)C. The molecule has 0 aromatic carbocycles. The van der Waals surface area contributed by atoms with E-state index in [9.17, 15) is 9.59 Å². The van der Waals surface area contributed by atoms with Crippen LogP contribution in [-0.2, 0) is 9.53 Å². The summed E-state index contributed by atoms with van der Waals surface area (Å²) in [7, 11) is 1.30. The molecule has 1 amide bonds. The molecule has 18 heavy (non-hydrogen) atoms. The minimum Gasteiger partial charge on any atom is -0.452 e. The van der Waals surface area contributed by atoms with Gasteiger partial charge in [0.1, 0.15) is 6.29 Å². The van der Waals surface area contributed by atoms with Crippen molar-refractivity contribution >= 4 is 18.1 Å². The van der Waals surface area contributed by atoms with Crippen molar-refractivity contribution in [2.45, 2.75) is 26.3 Å². The Morgan fingerprint density at radius 1 is 1.44 bits per heavy atom. The molecule has 5 heteroatoms. The number of pyridine rings is 1. The number of aromatic nitrogens is 1. The van der Waals surface area contributed by atoms with Crippen LogP contribution in [0.4, 0.5) is 10.5 Å². The van der Waals surface area contributed by atoms with Gasteiger partial charge in [-0.15, -0.1) is 0 Å². The maximum Gasteiger partial charge on any atom is 0.414 e. The molecule has 0 spiro atoms. The van der Waals surface area contributed by atoms with E-state index in [-0.39, 0.29) is 0 Å². The molecule has 1 aromatic heterocycles. The first-order valence-electron chi connectivity index (χ1n) is 5.82. The Kier molecular flexibility index (Phi) is 5.30. The Labute approximate surface area is 107 Å². The number of aldehydes is 1. The summed E-state index contributed by atoms with van der Waals surface area (Å²) in [5.41, 5.74) is 0.606. The van der Waals surface area contributed by atoms with Gasteiger partial charge < -0.3 is 9.53 Å². The number of rotatable bonds is 5. The fourth-order valence-corrected chi connectivity index (χ4v) is 1.74. The van der Waals surface area contributed by atoms with E-state index >= 15 is 0 Å². The van der Waals surface area contributed by atoms with Gasteiger partial charge in [-0.3, -0.25) is 9.88 Å². The summed E-state index contributed by atoms with van der Waals surface area (Å²) in [5.74, 6) is 0.300. The zero-order chi connectivity index (χ0) is 13.5. The summed E-state index contributed by atoms with van der Waals surface area (Å²) in [6.45, 7) is 4.00. The summed E-state index contributed by atoms with van der Waals surface area (Å²) >= 11 is 0. The van der Waals surface area contributed by atoms with Crippen LogP contribution in [0.5, 0.6) is 0 Å². The first kappa shape index (κ1) is 14.2. The molecule has 0 saturated heterocycles. The van der Waals surface area contributed by atoms with Gasteiger partial charge in [0.05, 0.1) is 18.8 Å². The van der Waals surface area contributed by atoms with E-state index in [1.165, 1.54) is 12.0 Å². The lowest BCUT2D eigenvalue weighted by molar-refractivity contribution is -0.109. The fourth-order valence-electron chi connectivity index (χ4n) is 1.74. The zero-order valence-corrected chi connectivity index (χ0v) is 10.9. The normalized spacial score (nSPS) is 12.0. The van der Waals surface area contributed by atoms with Crippen LogP contribution < -0.4 is 4.90 Å². The van der Waals surface area contributed by atoms with E-state index in [0.29, 0.717) is 18.0 Å². The Balaban J connectivity index is 3.04. The lowest BCUT2D eigenvalue weighted by Gasteiger charge is -2.27. The minimum atomic E-state index is -0.543. The maximum absolute atomic E-state index is 11.8. The van der Waals surface area contributed by atoms with Crippen LogP contribution in [0.3, 0.4) is 0 Å². The van der Waals surface area contributed by atoms with Crippen LogP contribution in [0.15, 0.2) is 24.5 Å². The second-order valence-electron chi connectivity index (χ2n) is 4.38. The van der Waals surface area contributed by atoms with Crippen LogP contribution in [0.25, 0.3) is 0 Å². The Hall–Kier alpha value is -1.91. The van der Waals surface area contributed by atoms with E-state index in [0.717, 1.165) is 6.29 Å². The van der Waals surface area contributed by atoms with E-state index in [2.05, 4.69) is 4.98 Å². The number of methoxy groups -OCH3 is 1. The fraction of sp³-hybridized carbons (Fsp3) is 0.462. The van der Waals surface area contributed by atoms with Crippen molar-refractivity contribution in [1.29, 1.82) is 0 Å². The van der Waals surface area contributed by atoms with Crippen molar-refractivity contribution in [3.05, 3.63) is 24.5 Å². The highest BCUT2D eigenvalue weighted by molar-refractivity contribution is 5.92. The first-order chi connectivity index (χ1) is 8.60. The van der Waals surface area contributed by atoms with Gasteiger partial charge in [0.25, 0.3) is 0 Å². The van der Waals surface area contributed by atoms with E-state index in [1.807, 2.05) is 13.8 Å². The molecule has 0 radical (unpaired) electrons. The van der Waals surface area contributed by atoms with Gasteiger partial charge in [0.15, 0.2) is 0 Å². The topological polar surface area (TPSA) is 59.5 Å². The van der Waals surface area contributed by atoms with Crippen molar-refractivity contribution in [3.8, 4) is 0 Å². The maximum atomic E-state index is 11.8. The molecular formula is C13H18N2O3. The molecule has 0 unspecified atom stereocenters. The largest absolute Gasteiger partial charge is 0.452 e. The monoisotopic (exact) mass is 250 g/mol. The van der Waals surface area contributed by atoms with Gasteiger partial charge in [-0.1, -0.05) is 13.8 Å². The molecular weight excluding hydrogens is 232 g/mol. The molecule has 0 aliphatic carbocycles. The second kappa shape index (κ2) is 6.74. The summed E-state index contributed by atoms with van der Waals surface area (Å²) in [6, 6.07) is 2.82. The van der Waals surface area contributed by atoms with Crippen LogP contribution in [0, 0.1) is 5.92 Å². The Morgan fingerprint density at radius 2 is 2.06 bits per heavy atom. The van der Waals surface area contributed by atoms with Crippen molar-refractivity contribution in [1.82, 2.24) is 4.98 Å². The minimum absolute atomic E-state index is 0.300. The smallest absolute Gasteiger partial charge is 0.414 e. The molecule has 1 atom stereocenters. The van der Waals surface area contributed by atoms with E-state index < -0.39 is 12.1 Å². The van der Waals surface area contributed by atoms with E-state index in [1.54, 1.807) is 24.5 Å². The number of hydrogen-bond donors (Lipinski definition) is 0. The third-order valence-corrected chi connectivity index (χ3v) is 2.51. The molecule has 98 valence electrons. The second-order valence-corrected chi connectivity index (χ2v) is 4.38. The van der Waals surface area contributed by atoms with Gasteiger partial charge in [-0.2, -0.15) is 0 Å². The zero-order valence-electron chi connectivity index (χ0n) is 10.9. The number of carbonyl (C=O) groups excluding carboxylic acids is 2. The Morgan fingerprint density at radius 3 is 2.50 bits per heavy atom. The predicted octanol–water partition coefficient (Wildman–Crippen LogP) is 2.27. The standard InChI is InChI=1S/C13H18N2O3/c1-10(2)8-12(9-16)15(13(17)18-3)11-4-6-14-7-5-11/h4-7,9-10,12H,8H2,1-3H3/t12-/m0/s1. The first-order valence-corrected chi connectivity index (χ1v) is 5.82. The average molecular weight is 250 g/mol. The summed E-state index contributed by atoms with van der Waals surface area (Å²) in [5, 5.41) is 0. The van der Waals surface area contributed by atoms with Crippen LogP contribution >= 0.6 is 0 Å². The number of nitrogens with zero attached hydrogens (tertiary/aromatic N) is 2. The molecule has 1 heterocycles. The van der Waals surface area contributed by atoms with Gasteiger partial charge in [0.2, 0.25) is 0 Å². The summed E-state index contributed by atoms with van der Waals surface area (Å²) in [6.07, 6.45) is 3.96. The summed E-state index contributed by atoms with van der Waals surface area (Å²) in [4.78, 5) is 28.3. The molecule has 1 aromatic rings. The molecule has 0 saturated carbocycles. The molecule has 0 N–H and O–H groups in total. The van der Waals surface area contributed by atoms with E-state index in [4.69, 9.17) is 4.74 Å². The van der Waals surface area contributed by atoms with Crippen molar-refractivity contribution in [2.75, 3.05) is 12.0 Å². The third kappa shape index (κ3) is 3.55. The quantitative estimate of drug-likeness (QED) is 0.752. The number of ether oxygens (including phenoxy) is 1. The molecule has 0 aliphatic rings. The predicted molar refractivity (Wildman–Crippen MR) is 68.4 cm³/mol. The summed E-state index contributed by atoms with van der Waals surface area (Å²) < 4.78 is 4.74. The number of anilines is 1. The number of carbonyl (C=O) groups is 2. The van der Waals surface area contributed by atoms with Crippen molar-refractivity contribution in [3.63, 3.8) is 0 Å². The molecule has 1 rings (SSSR count). The van der Waals surface area contributed by atoms with Gasteiger partial charge >= 0.3 is 6.09 Å². The van der Waals surface area contributed by atoms with Crippen LogP contribution in [0.2, 0.25) is 0 Å². The van der Waals surface area contributed by atoms with Crippen LogP contribution in [-0.4, -0.2) is 30.5 Å².